The Bertz CT molecular complexity index is 1410. The summed E-state index contributed by atoms with van der Waals surface area (Å²) in [4.78, 5) is 35.8. The number of fused-ring (bicyclic) bond motifs is 6. The number of nitrogens with zero attached hydrogens (tertiary/aromatic N) is 4. The molecule has 0 radical (unpaired) electrons. The van der Waals surface area contributed by atoms with Crippen molar-refractivity contribution in [3.8, 4) is 6.07 Å². The number of thiazole rings is 1. The van der Waals surface area contributed by atoms with E-state index >= 15 is 0 Å². The van der Waals surface area contributed by atoms with Gasteiger partial charge in [-0.2, -0.15) is 5.26 Å². The number of pyridine rings is 1. The molecule has 1 aliphatic rings. The smallest absolute Gasteiger partial charge is 0.256 e. The summed E-state index contributed by atoms with van der Waals surface area (Å²) in [6.45, 7) is 2.29. The molecule has 0 unspecified atom stereocenters. The number of aromatic amines is 1. The first kappa shape index (κ1) is 18.5. The van der Waals surface area contributed by atoms with Gasteiger partial charge in [0.1, 0.15) is 12.2 Å². The van der Waals surface area contributed by atoms with Crippen LogP contribution in [0, 0.1) is 17.1 Å². The average Bonchev–Trinajstić information content (AvgIpc) is 3.20. The van der Waals surface area contributed by atoms with Crippen molar-refractivity contribution in [2.45, 2.75) is 6.42 Å². The Labute approximate surface area is 174 Å². The van der Waals surface area contributed by atoms with Crippen molar-refractivity contribution >= 4 is 54.1 Å². The topological polar surface area (TPSA) is 93.1 Å². The number of H-pyrrole nitrogens is 1. The van der Waals surface area contributed by atoms with E-state index in [1.54, 1.807) is 17.2 Å². The Morgan fingerprint density at radius 3 is 2.77 bits per heavy atom. The molecule has 0 bridgehead atoms. The monoisotopic (exact) mass is 421 g/mol. The van der Waals surface area contributed by atoms with Gasteiger partial charge < -0.3 is 14.8 Å². The van der Waals surface area contributed by atoms with E-state index in [0.717, 1.165) is 26.1 Å². The van der Waals surface area contributed by atoms with Crippen LogP contribution in [0.1, 0.15) is 6.42 Å². The van der Waals surface area contributed by atoms with Crippen LogP contribution in [0.2, 0.25) is 0 Å². The highest BCUT2D eigenvalue weighted by Gasteiger charge is 2.24. The number of hydrogen-bond donors (Lipinski definition) is 1. The molecular formula is C21H16FN5O2S. The zero-order valence-electron chi connectivity index (χ0n) is 15.8. The van der Waals surface area contributed by atoms with Crippen LogP contribution >= 0.6 is 11.3 Å². The second kappa shape index (κ2) is 7.07. The van der Waals surface area contributed by atoms with Gasteiger partial charge in [-0.05, 0) is 24.3 Å². The predicted octanol–water partition coefficient (Wildman–Crippen LogP) is 2.99. The number of carbonyl (C=O) groups excluding carboxylic acids is 1. The summed E-state index contributed by atoms with van der Waals surface area (Å²) in [5.41, 5.74) is 0.482. The average molecular weight is 421 g/mol. The molecule has 0 spiro atoms. The Balaban J connectivity index is 1.62. The molecule has 2 aromatic heterocycles. The molecule has 3 heterocycles. The number of benzene rings is 2. The van der Waals surface area contributed by atoms with E-state index in [1.165, 1.54) is 23.5 Å². The maximum atomic E-state index is 14.0. The molecule has 1 fully saturated rings. The summed E-state index contributed by atoms with van der Waals surface area (Å²) in [6, 6.07) is 8.15. The first-order valence-electron chi connectivity index (χ1n) is 9.49. The molecule has 1 aliphatic heterocycles. The Morgan fingerprint density at radius 1 is 1.20 bits per heavy atom. The number of anilines is 1. The Morgan fingerprint density at radius 2 is 2.00 bits per heavy atom. The fraction of sp³-hybridized carbons (Fsp3) is 0.238. The molecule has 7 nitrogen and oxygen atoms in total. The number of amides is 1. The fourth-order valence-electron chi connectivity index (χ4n) is 4.00. The van der Waals surface area contributed by atoms with Crippen LogP contribution in [-0.4, -0.2) is 47.0 Å². The number of nitrogens with one attached hydrogen (secondary N) is 1. The van der Waals surface area contributed by atoms with Gasteiger partial charge in [-0.1, -0.05) is 11.3 Å². The van der Waals surface area contributed by atoms with Crippen molar-refractivity contribution in [2.24, 2.45) is 0 Å². The largest absolute Gasteiger partial charge is 0.345 e. The number of rotatable bonds is 2. The van der Waals surface area contributed by atoms with Crippen molar-refractivity contribution in [1.82, 2.24) is 14.9 Å². The van der Waals surface area contributed by atoms with Crippen molar-refractivity contribution < 1.29 is 9.18 Å². The molecule has 5 rings (SSSR count). The van der Waals surface area contributed by atoms with Crippen LogP contribution < -0.4 is 10.5 Å². The van der Waals surface area contributed by atoms with Gasteiger partial charge in [-0.15, -0.1) is 0 Å². The molecule has 4 aromatic rings. The van der Waals surface area contributed by atoms with Gasteiger partial charge in [0.05, 0.1) is 21.7 Å². The predicted molar refractivity (Wildman–Crippen MR) is 114 cm³/mol. The van der Waals surface area contributed by atoms with Crippen LogP contribution in [0.15, 0.2) is 35.3 Å². The molecule has 2 aromatic carbocycles. The number of nitriles is 1. The molecule has 150 valence electrons. The van der Waals surface area contributed by atoms with Gasteiger partial charge in [0.25, 0.3) is 5.56 Å². The van der Waals surface area contributed by atoms with Gasteiger partial charge in [-0.3, -0.25) is 9.59 Å². The Hall–Kier alpha value is -3.51. The van der Waals surface area contributed by atoms with Crippen molar-refractivity contribution in [3.05, 3.63) is 46.6 Å². The van der Waals surface area contributed by atoms with Gasteiger partial charge in [0, 0.05) is 48.5 Å². The molecule has 9 heteroatoms. The van der Waals surface area contributed by atoms with Gasteiger partial charge in [0.15, 0.2) is 5.13 Å². The molecule has 1 saturated heterocycles. The van der Waals surface area contributed by atoms with Crippen molar-refractivity contribution in [3.63, 3.8) is 0 Å². The van der Waals surface area contributed by atoms with Gasteiger partial charge in [-0.25, -0.2) is 9.37 Å². The minimum absolute atomic E-state index is 0.107. The zero-order valence-corrected chi connectivity index (χ0v) is 16.6. The van der Waals surface area contributed by atoms with E-state index in [9.17, 15) is 14.0 Å². The first-order chi connectivity index (χ1) is 14.6. The summed E-state index contributed by atoms with van der Waals surface area (Å²) < 4.78 is 14.8. The summed E-state index contributed by atoms with van der Waals surface area (Å²) >= 11 is 1.49. The summed E-state index contributed by atoms with van der Waals surface area (Å²) in [6.07, 6.45) is 1.48. The highest BCUT2D eigenvalue weighted by atomic mass is 32.1. The third kappa shape index (κ3) is 2.88. The lowest BCUT2D eigenvalue weighted by Gasteiger charge is -2.34. The highest BCUT2D eigenvalue weighted by Crippen LogP contribution is 2.39. The molecule has 0 saturated carbocycles. The minimum Gasteiger partial charge on any atom is -0.345 e. The Kier molecular flexibility index (Phi) is 4.37. The number of carbonyl (C=O) groups is 1. The maximum absolute atomic E-state index is 14.0. The summed E-state index contributed by atoms with van der Waals surface area (Å²) in [5.74, 6) is -0.556. The standard InChI is InChI=1S/C21H16FN5O2S/c22-12-1-2-13-15(11-12)17-14(4-6-24-20(17)29)19-18(13)25-21(30-19)27-9-7-26(8-10-27)16(28)3-5-23/h1-2,4,6,11H,3,7-10H2,(H,24,29). The lowest BCUT2D eigenvalue weighted by molar-refractivity contribution is -0.130. The van der Waals surface area contributed by atoms with E-state index in [-0.39, 0.29) is 17.9 Å². The second-order valence-corrected chi connectivity index (χ2v) is 8.14. The zero-order chi connectivity index (χ0) is 20.8. The van der Waals surface area contributed by atoms with Gasteiger partial charge in [0.2, 0.25) is 5.91 Å². The lowest BCUT2D eigenvalue weighted by atomic mass is 10.0. The number of aromatic nitrogens is 2. The van der Waals surface area contributed by atoms with E-state index in [2.05, 4.69) is 9.88 Å². The van der Waals surface area contributed by atoms with E-state index in [0.29, 0.717) is 37.0 Å². The molecule has 1 amide bonds. The summed E-state index contributed by atoms with van der Waals surface area (Å²) in [7, 11) is 0. The quantitative estimate of drug-likeness (QED) is 0.502. The highest BCUT2D eigenvalue weighted by molar-refractivity contribution is 7.23. The normalized spacial score (nSPS) is 14.5. The third-order valence-corrected chi connectivity index (χ3v) is 6.61. The van der Waals surface area contributed by atoms with E-state index < -0.39 is 5.82 Å². The number of piperazine rings is 1. The second-order valence-electron chi connectivity index (χ2n) is 7.16. The lowest BCUT2D eigenvalue weighted by Crippen LogP contribution is -2.48. The fourth-order valence-corrected chi connectivity index (χ4v) is 5.16. The molecular weight excluding hydrogens is 405 g/mol. The van der Waals surface area contributed by atoms with E-state index in [4.69, 9.17) is 10.2 Å². The van der Waals surface area contributed by atoms with Gasteiger partial charge >= 0.3 is 0 Å². The first-order valence-corrected chi connectivity index (χ1v) is 10.3. The molecule has 30 heavy (non-hydrogen) atoms. The van der Waals surface area contributed by atoms with E-state index in [1.807, 2.05) is 12.1 Å². The molecule has 0 atom stereocenters. The van der Waals surface area contributed by atoms with Crippen LogP contribution in [-0.2, 0) is 4.79 Å². The van der Waals surface area contributed by atoms with Crippen LogP contribution in [0.5, 0.6) is 0 Å². The van der Waals surface area contributed by atoms with Crippen LogP contribution in [0.4, 0.5) is 9.52 Å². The third-order valence-electron chi connectivity index (χ3n) is 5.46. The minimum atomic E-state index is -0.403. The van der Waals surface area contributed by atoms with Crippen LogP contribution in [0.25, 0.3) is 31.8 Å². The maximum Gasteiger partial charge on any atom is 0.256 e. The van der Waals surface area contributed by atoms with Crippen molar-refractivity contribution in [2.75, 3.05) is 31.1 Å². The number of hydrogen-bond acceptors (Lipinski definition) is 6. The van der Waals surface area contributed by atoms with Crippen LogP contribution in [0.3, 0.4) is 0 Å². The summed E-state index contributed by atoms with van der Waals surface area (Å²) in [5, 5.41) is 12.0. The molecule has 0 aliphatic carbocycles. The van der Waals surface area contributed by atoms with Crippen molar-refractivity contribution in [1.29, 1.82) is 5.26 Å². The SMILES string of the molecule is N#CCC(=O)N1CCN(c2nc3c4ccc(F)cc4c4c(=O)[nH]ccc4c3s2)CC1. The number of halogens is 1. The molecule has 1 N–H and O–H groups in total.